The van der Waals surface area contributed by atoms with Gasteiger partial charge in [-0.3, -0.25) is 9.36 Å². The lowest BCUT2D eigenvalue weighted by Crippen LogP contribution is -2.37. The Kier molecular flexibility index (Phi) is 3.80. The number of esters is 1. The molecular formula is C13H16N2O5. The number of furan rings is 1. The molecule has 108 valence electrons. The fraction of sp³-hybridized carbons (Fsp3) is 0.385. The number of hydrogen-bond acceptors (Lipinski definition) is 5. The molecule has 0 aromatic carbocycles. The van der Waals surface area contributed by atoms with Crippen LogP contribution in [0.25, 0.3) is 11.1 Å². The van der Waals surface area contributed by atoms with Crippen LogP contribution in [0.2, 0.25) is 0 Å². The Hall–Kier alpha value is -2.28. The second-order valence-corrected chi connectivity index (χ2v) is 4.80. The molecular weight excluding hydrogens is 264 g/mol. The van der Waals surface area contributed by atoms with Crippen molar-refractivity contribution in [2.24, 2.45) is 11.7 Å². The molecule has 0 aliphatic rings. The van der Waals surface area contributed by atoms with Crippen LogP contribution < -0.4 is 5.73 Å². The van der Waals surface area contributed by atoms with Crippen molar-refractivity contribution in [3.63, 3.8) is 0 Å². The summed E-state index contributed by atoms with van der Waals surface area (Å²) in [5.74, 6) is -1.75. The summed E-state index contributed by atoms with van der Waals surface area (Å²) in [6.07, 6.45) is 1.44. The average Bonchev–Trinajstić information content (AvgIpc) is 2.95. The van der Waals surface area contributed by atoms with E-state index >= 15 is 0 Å². The number of rotatable bonds is 5. The molecule has 7 heteroatoms. The number of nitrogens with two attached hydrogens (primary N) is 1. The number of hydrogen-bond donors (Lipinski definition) is 2. The lowest BCUT2D eigenvalue weighted by Gasteiger charge is -2.15. The molecule has 0 spiro atoms. The highest BCUT2D eigenvalue weighted by atomic mass is 16.5. The minimum atomic E-state index is -1.12. The van der Waals surface area contributed by atoms with Gasteiger partial charge in [0.05, 0.1) is 11.8 Å². The predicted molar refractivity (Wildman–Crippen MR) is 70.1 cm³/mol. The smallest absolute Gasteiger partial charge is 0.352 e. The first-order chi connectivity index (χ1) is 9.41. The highest BCUT2D eigenvalue weighted by Gasteiger charge is 2.21. The molecule has 0 saturated heterocycles. The second kappa shape index (κ2) is 5.38. The van der Waals surface area contributed by atoms with E-state index in [1.165, 1.54) is 16.9 Å². The molecule has 2 aromatic heterocycles. The topological polar surface area (TPSA) is 108 Å². The molecule has 3 N–H and O–H groups in total. The number of carboxylic acid groups (broad SMARTS) is 1. The van der Waals surface area contributed by atoms with E-state index in [4.69, 9.17) is 20.0 Å². The third-order valence-electron chi connectivity index (χ3n) is 3.07. The average molecular weight is 280 g/mol. The lowest BCUT2D eigenvalue weighted by molar-refractivity contribution is -0.150. The summed E-state index contributed by atoms with van der Waals surface area (Å²) in [6.45, 7) is 3.39. The molecule has 2 aromatic rings. The van der Waals surface area contributed by atoms with E-state index in [1.807, 2.05) is 0 Å². The fourth-order valence-electron chi connectivity index (χ4n) is 1.79. The normalized spacial score (nSPS) is 12.8. The quantitative estimate of drug-likeness (QED) is 0.802. The van der Waals surface area contributed by atoms with Gasteiger partial charge in [0.1, 0.15) is 11.7 Å². The van der Waals surface area contributed by atoms with E-state index in [1.54, 1.807) is 19.9 Å². The van der Waals surface area contributed by atoms with Gasteiger partial charge in [0.25, 0.3) is 0 Å². The summed E-state index contributed by atoms with van der Waals surface area (Å²) in [5.41, 5.74) is 6.63. The van der Waals surface area contributed by atoms with Gasteiger partial charge < -0.3 is 20.0 Å². The van der Waals surface area contributed by atoms with Gasteiger partial charge in [-0.05, 0) is 5.92 Å². The van der Waals surface area contributed by atoms with Gasteiger partial charge in [-0.15, -0.1) is 0 Å². The van der Waals surface area contributed by atoms with Crippen molar-refractivity contribution in [3.05, 3.63) is 24.1 Å². The van der Waals surface area contributed by atoms with Crippen LogP contribution >= 0.6 is 0 Å². The number of aromatic carboxylic acids is 1. The van der Waals surface area contributed by atoms with Crippen LogP contribution in [0.3, 0.4) is 0 Å². The maximum atomic E-state index is 11.7. The van der Waals surface area contributed by atoms with Gasteiger partial charge >= 0.3 is 11.9 Å². The van der Waals surface area contributed by atoms with Crippen LogP contribution in [-0.2, 0) is 16.3 Å². The standard InChI is InChI=1S/C13H16N2O5/c1-7(2)11(14)13(18)20-6-15-8-3-4-19-10(8)5-9(15)12(16)17/h3-5,7,11H,6,14H2,1-2H3,(H,16,17)/t11-/m0/s1. The Bertz CT molecular complexity index is 640. The number of carbonyl (C=O) groups excluding carboxylic acids is 1. The van der Waals surface area contributed by atoms with Crippen LogP contribution in [0.15, 0.2) is 22.8 Å². The van der Waals surface area contributed by atoms with Crippen LogP contribution in [-0.4, -0.2) is 27.7 Å². The fourth-order valence-corrected chi connectivity index (χ4v) is 1.79. The summed E-state index contributed by atoms with van der Waals surface area (Å²) in [6, 6.07) is 2.25. The van der Waals surface area contributed by atoms with Gasteiger partial charge in [0.15, 0.2) is 12.3 Å². The zero-order valence-electron chi connectivity index (χ0n) is 11.2. The number of fused-ring (bicyclic) bond motifs is 1. The molecule has 2 rings (SSSR count). The minimum absolute atomic E-state index is 0.00901. The second-order valence-electron chi connectivity index (χ2n) is 4.80. The number of ether oxygens (including phenoxy) is 1. The maximum Gasteiger partial charge on any atom is 0.352 e. The first-order valence-electron chi connectivity index (χ1n) is 6.14. The monoisotopic (exact) mass is 280 g/mol. The first-order valence-corrected chi connectivity index (χ1v) is 6.14. The Labute approximate surface area is 114 Å². The van der Waals surface area contributed by atoms with Crippen LogP contribution in [0.5, 0.6) is 0 Å². The van der Waals surface area contributed by atoms with Crippen molar-refractivity contribution in [1.29, 1.82) is 0 Å². The Balaban J connectivity index is 2.20. The van der Waals surface area contributed by atoms with Crippen molar-refractivity contribution in [1.82, 2.24) is 4.57 Å². The molecule has 0 bridgehead atoms. The van der Waals surface area contributed by atoms with Crippen molar-refractivity contribution in [2.45, 2.75) is 26.6 Å². The van der Waals surface area contributed by atoms with Crippen LogP contribution in [0.4, 0.5) is 0 Å². The van der Waals surface area contributed by atoms with Crippen LogP contribution in [0, 0.1) is 5.92 Å². The summed E-state index contributed by atoms with van der Waals surface area (Å²) < 4.78 is 11.6. The molecule has 20 heavy (non-hydrogen) atoms. The van der Waals surface area contributed by atoms with E-state index in [0.717, 1.165) is 0 Å². The maximum absolute atomic E-state index is 11.7. The summed E-state index contributed by atoms with van der Waals surface area (Å²) in [4.78, 5) is 22.9. The highest BCUT2D eigenvalue weighted by Crippen LogP contribution is 2.21. The van der Waals surface area contributed by atoms with E-state index in [-0.39, 0.29) is 18.3 Å². The molecule has 1 atom stereocenters. The minimum Gasteiger partial charge on any atom is -0.477 e. The van der Waals surface area contributed by atoms with Crippen LogP contribution in [0.1, 0.15) is 24.3 Å². The zero-order valence-corrected chi connectivity index (χ0v) is 11.2. The zero-order chi connectivity index (χ0) is 14.9. The first kappa shape index (κ1) is 14.1. The number of carbonyl (C=O) groups is 2. The molecule has 0 aliphatic carbocycles. The van der Waals surface area contributed by atoms with E-state index in [2.05, 4.69) is 0 Å². The molecule has 0 aliphatic heterocycles. The van der Waals surface area contributed by atoms with Crippen molar-refractivity contribution in [3.8, 4) is 0 Å². The van der Waals surface area contributed by atoms with Crippen molar-refractivity contribution in [2.75, 3.05) is 0 Å². The molecule has 0 amide bonds. The van der Waals surface area contributed by atoms with E-state index in [9.17, 15) is 9.59 Å². The number of aromatic nitrogens is 1. The molecule has 0 unspecified atom stereocenters. The van der Waals surface area contributed by atoms with E-state index < -0.39 is 18.0 Å². The van der Waals surface area contributed by atoms with Gasteiger partial charge in [-0.2, -0.15) is 0 Å². The van der Waals surface area contributed by atoms with Gasteiger partial charge in [0.2, 0.25) is 0 Å². The molecule has 0 fully saturated rings. The van der Waals surface area contributed by atoms with Gasteiger partial charge in [-0.25, -0.2) is 4.79 Å². The Morgan fingerprint density at radius 1 is 1.50 bits per heavy atom. The largest absolute Gasteiger partial charge is 0.477 e. The SMILES string of the molecule is CC(C)[C@H](N)C(=O)OCn1c(C(=O)O)cc2occc21. The van der Waals surface area contributed by atoms with Gasteiger partial charge in [-0.1, -0.05) is 13.8 Å². The lowest BCUT2D eigenvalue weighted by atomic mass is 10.1. The van der Waals surface area contributed by atoms with Crippen molar-refractivity contribution < 1.29 is 23.8 Å². The number of nitrogens with zero attached hydrogens (tertiary/aromatic N) is 1. The number of carboxylic acids is 1. The van der Waals surface area contributed by atoms with Gasteiger partial charge in [0, 0.05) is 12.1 Å². The molecule has 2 heterocycles. The summed E-state index contributed by atoms with van der Waals surface area (Å²) in [5, 5.41) is 9.12. The summed E-state index contributed by atoms with van der Waals surface area (Å²) in [7, 11) is 0. The Morgan fingerprint density at radius 3 is 2.80 bits per heavy atom. The predicted octanol–water partition coefficient (Wildman–Crippen LogP) is 1.42. The van der Waals surface area contributed by atoms with Crippen molar-refractivity contribution >= 4 is 23.0 Å². The third-order valence-corrected chi connectivity index (χ3v) is 3.07. The summed E-state index contributed by atoms with van der Waals surface area (Å²) >= 11 is 0. The molecule has 7 nitrogen and oxygen atoms in total. The molecule has 0 radical (unpaired) electrons. The molecule has 0 saturated carbocycles. The highest BCUT2D eigenvalue weighted by molar-refractivity contribution is 5.92. The third kappa shape index (κ3) is 2.53. The Morgan fingerprint density at radius 2 is 2.20 bits per heavy atom. The van der Waals surface area contributed by atoms with E-state index in [0.29, 0.717) is 11.1 Å².